The van der Waals surface area contributed by atoms with Gasteiger partial charge in [-0.15, -0.1) is 0 Å². The molecular weight excluding hydrogens is 1770 g/mol. The second-order valence-corrected chi connectivity index (χ2v) is 32.7. The van der Waals surface area contributed by atoms with Gasteiger partial charge in [-0.2, -0.15) is 0 Å². The van der Waals surface area contributed by atoms with E-state index < -0.39 is 341 Å². The average molecular weight is 1900 g/mol. The van der Waals surface area contributed by atoms with Crippen LogP contribution < -0.4 is 119 Å². The predicted octanol–water partition coefficient (Wildman–Crippen LogP) is -8.84. The first-order valence-corrected chi connectivity index (χ1v) is 43.3. The molecule has 0 aromatic carbocycles. The summed E-state index contributed by atoms with van der Waals surface area (Å²) in [4.78, 5) is 294. The number of hydrogen-bond acceptors (Lipinski definition) is 28. The van der Waals surface area contributed by atoms with Crippen molar-refractivity contribution in [2.24, 2.45) is 52.2 Å². The molecule has 0 saturated heterocycles. The van der Waals surface area contributed by atoms with Crippen LogP contribution in [-0.2, 0) is 105 Å². The Kier molecular flexibility index (Phi) is 58.1. The van der Waals surface area contributed by atoms with Crippen molar-refractivity contribution >= 4 is 142 Å². The lowest BCUT2D eigenvalue weighted by molar-refractivity contribution is -0.144. The van der Waals surface area contributed by atoms with Crippen LogP contribution in [0.3, 0.4) is 0 Å². The number of nitrogens with two attached hydrogens (primary N) is 6. The Morgan fingerprint density at radius 3 is 0.707 bits per heavy atom. The highest BCUT2D eigenvalue weighted by Crippen LogP contribution is 2.17. The number of aliphatic carboxylic acids is 7. The van der Waals surface area contributed by atoms with Crippen molar-refractivity contribution in [1.82, 2.24) is 85.1 Å². The summed E-state index contributed by atoms with van der Waals surface area (Å²) in [6.45, 7) is 8.37. The summed E-state index contributed by atoms with van der Waals surface area (Å²) in [5, 5.41) is 130. The summed E-state index contributed by atoms with van der Waals surface area (Å²) < 4.78 is 0. The van der Waals surface area contributed by atoms with Gasteiger partial charge in [-0.25, -0.2) is 4.79 Å². The van der Waals surface area contributed by atoms with Crippen molar-refractivity contribution < 1.29 is 146 Å². The first-order valence-electron chi connectivity index (χ1n) is 43.3. The number of aliphatic hydroxyl groups is 1. The van der Waals surface area contributed by atoms with Crippen molar-refractivity contribution in [3.8, 4) is 0 Å². The molecule has 752 valence electrons. The zero-order valence-corrected chi connectivity index (χ0v) is 75.3. The van der Waals surface area contributed by atoms with Crippen LogP contribution in [0.1, 0.15) is 208 Å². The van der Waals surface area contributed by atoms with Crippen LogP contribution in [0.2, 0.25) is 0 Å². The highest BCUT2D eigenvalue weighted by atomic mass is 16.4. The van der Waals surface area contributed by atoms with Gasteiger partial charge in [-0.1, -0.05) is 41.5 Å². The molecule has 0 unspecified atom stereocenters. The molecule has 0 saturated carbocycles. The third kappa shape index (κ3) is 53.0. The van der Waals surface area contributed by atoms with E-state index in [9.17, 15) is 136 Å². The lowest BCUT2D eigenvalue weighted by atomic mass is 9.99. The number of primary amides is 1. The molecule has 0 fully saturated rings. The smallest absolute Gasteiger partial charge is 0.326 e. The molecule has 0 spiro atoms. The number of aliphatic hydroxyl groups excluding tert-OH is 1. The standard InChI is InChI=1S/C79H136N24O30/c1-38(2)33-51(101-74(129)53(35-40(5)6)99-66(121)45(16-12-32-89-79(86)87)94-76(131)55(37-104)103-67(122)43(14-8-10-30-81)92-68(123)46(18-24-58(108)109)90-63(118)41(82)17-23-57(106)107)72(127)97-47(19-25-59(110)111)69(124)91-42(13-7-9-29-80)64(119)95-49(21-27-61(114)115)71(126)102-54(36-56(83)105)75(130)93-44(15-11-31-88-78(84)85)65(120)96-48(20-26-60(112)113)70(125)100-52(34-39(3)4)73(128)98-50(77(132)133)22-28-62(116)117/h38-55,104H,7-37,80-82H2,1-6H3,(H2,83,105)(H,90,118)(H,91,124)(H,92,123)(H,93,130)(H,94,131)(H,95,119)(H,96,120)(H,97,127)(H,98,128)(H,99,121)(H,100,125)(H,101,129)(H,102,126)(H,103,122)(H,106,107)(H,108,109)(H,110,111)(H,112,113)(H,114,115)(H,116,117)(H,132,133)(H4,84,85,88)(H4,86,87,89)/t41-,42-,43-,44-,45-,46-,47-,48-,49-,50-,51-,52-,53-,54-,55-/m0/s1. The summed E-state index contributed by atoms with van der Waals surface area (Å²) in [6.07, 6.45) is -11.0. The molecule has 15 amide bonds. The maximum atomic E-state index is 14.7. The quantitative estimate of drug-likeness (QED) is 0.0153. The second-order valence-electron chi connectivity index (χ2n) is 32.7. The first-order chi connectivity index (χ1) is 62.2. The van der Waals surface area contributed by atoms with E-state index in [-0.39, 0.29) is 110 Å². The maximum Gasteiger partial charge on any atom is 0.326 e. The number of unbranched alkanes of at least 4 members (excludes halogenated alkanes) is 2. The number of carbonyl (C=O) groups excluding carboxylic acids is 15. The number of carbonyl (C=O) groups is 22. The SMILES string of the molecule is CC(C)C[C@H](NC(=O)[C@H](CCC(=O)O)NC(=O)[C@H](CCCNC(=N)N)NC(=O)[C@H](CC(N)=O)NC(=O)[C@H](CCC(=O)O)NC(=O)[C@H](CCCCN)NC(=O)[C@H](CCC(=O)O)NC(=O)[C@H](CC(C)C)NC(=O)[C@H](CC(C)C)NC(=O)[C@H](CCCNC(=N)N)NC(=O)[C@H](CO)NC(=O)[C@H](CCCCN)NC(=O)[C@H](CCC(=O)O)NC(=O)[C@@H](N)CCC(=O)O)C(=O)N[C@@H](CCC(=O)O)C(=O)O. The maximum absolute atomic E-state index is 14.7. The molecule has 0 rings (SSSR count). The number of rotatable bonds is 72. The number of amides is 15. The highest BCUT2D eigenvalue weighted by molar-refractivity contribution is 6.02. The summed E-state index contributed by atoms with van der Waals surface area (Å²) in [7, 11) is 0. The van der Waals surface area contributed by atoms with Crippen molar-refractivity contribution in [1.29, 1.82) is 10.8 Å². The molecule has 0 aliphatic carbocycles. The van der Waals surface area contributed by atoms with Gasteiger partial charge in [0, 0.05) is 51.6 Å². The van der Waals surface area contributed by atoms with Crippen molar-refractivity contribution in [3.63, 3.8) is 0 Å². The van der Waals surface area contributed by atoms with Crippen molar-refractivity contribution in [3.05, 3.63) is 0 Å². The van der Waals surface area contributed by atoms with Crippen LogP contribution in [0.15, 0.2) is 0 Å². The minimum atomic E-state index is -2.14. The van der Waals surface area contributed by atoms with Crippen molar-refractivity contribution in [2.45, 2.75) is 299 Å². The Bertz CT molecular complexity index is 3970. The van der Waals surface area contributed by atoms with Crippen LogP contribution in [0, 0.1) is 28.6 Å². The fraction of sp³-hybridized carbons (Fsp3) is 0.696. The molecule has 0 aromatic rings. The van der Waals surface area contributed by atoms with Crippen LogP contribution in [0.5, 0.6) is 0 Å². The molecule has 15 atom stereocenters. The van der Waals surface area contributed by atoms with E-state index in [1.54, 1.807) is 41.5 Å². The predicted molar refractivity (Wildman–Crippen MR) is 467 cm³/mol. The Morgan fingerprint density at radius 1 is 0.263 bits per heavy atom. The van der Waals surface area contributed by atoms with Gasteiger partial charge in [0.2, 0.25) is 88.6 Å². The summed E-state index contributed by atoms with van der Waals surface area (Å²) in [6, 6.07) is -26.5. The Morgan fingerprint density at radius 2 is 0.466 bits per heavy atom. The van der Waals surface area contributed by atoms with Crippen molar-refractivity contribution in [2.75, 3.05) is 32.8 Å². The second kappa shape index (κ2) is 64.5. The molecule has 54 heteroatoms. The minimum Gasteiger partial charge on any atom is -0.481 e. The topological polar surface area (TPSA) is 934 Å². The number of nitrogens with one attached hydrogen (secondary N) is 18. The van der Waals surface area contributed by atoms with Crippen LogP contribution in [0.4, 0.5) is 0 Å². The summed E-state index contributed by atoms with van der Waals surface area (Å²) in [5.41, 5.74) is 33.7. The van der Waals surface area contributed by atoms with Gasteiger partial charge in [0.25, 0.3) is 0 Å². The van der Waals surface area contributed by atoms with Gasteiger partial charge in [0.1, 0.15) is 84.6 Å². The molecule has 38 N–H and O–H groups in total. The molecule has 0 bridgehead atoms. The molecule has 133 heavy (non-hydrogen) atoms. The lowest BCUT2D eigenvalue weighted by Gasteiger charge is -2.29. The van der Waals surface area contributed by atoms with Gasteiger partial charge in [-0.3, -0.25) is 112 Å². The van der Waals surface area contributed by atoms with Crippen LogP contribution in [0.25, 0.3) is 0 Å². The number of carboxylic acid groups (broad SMARTS) is 7. The molecule has 0 aliphatic heterocycles. The Labute approximate surface area is 765 Å². The Balaban J connectivity index is 7.63. The van der Waals surface area contributed by atoms with E-state index in [1.807, 2.05) is 0 Å². The average Bonchev–Trinajstić information content (AvgIpc) is 0.849. The van der Waals surface area contributed by atoms with Crippen LogP contribution >= 0.6 is 0 Å². The zero-order valence-electron chi connectivity index (χ0n) is 75.3. The molecular formula is C79H136N24O30. The first kappa shape index (κ1) is 120. The lowest BCUT2D eigenvalue weighted by Crippen LogP contribution is -2.61. The van der Waals surface area contributed by atoms with Crippen LogP contribution in [-0.4, -0.2) is 307 Å². The largest absolute Gasteiger partial charge is 0.481 e. The molecule has 0 radical (unpaired) electrons. The van der Waals surface area contributed by atoms with Gasteiger partial charge < -0.3 is 160 Å². The van der Waals surface area contributed by atoms with Gasteiger partial charge >= 0.3 is 41.8 Å². The molecule has 0 aromatic heterocycles. The van der Waals surface area contributed by atoms with E-state index >= 15 is 0 Å². The zero-order chi connectivity index (χ0) is 101. The fourth-order valence-electron chi connectivity index (χ4n) is 12.7. The third-order valence-corrected chi connectivity index (χ3v) is 19.7. The summed E-state index contributed by atoms with van der Waals surface area (Å²) >= 11 is 0. The molecule has 54 nitrogen and oxygen atoms in total. The van der Waals surface area contributed by atoms with Gasteiger partial charge in [0.15, 0.2) is 11.9 Å². The molecule has 0 heterocycles. The van der Waals surface area contributed by atoms with E-state index in [0.717, 1.165) is 0 Å². The number of carboxylic acids is 7. The summed E-state index contributed by atoms with van der Waals surface area (Å²) in [5.74, 6) is -30.7. The monoisotopic (exact) mass is 1900 g/mol. The molecule has 0 aliphatic rings. The third-order valence-electron chi connectivity index (χ3n) is 19.7. The number of guanidine groups is 2. The minimum absolute atomic E-state index is 0.00698. The highest BCUT2D eigenvalue weighted by Gasteiger charge is 2.40. The van der Waals surface area contributed by atoms with E-state index in [2.05, 4.69) is 85.1 Å². The Hall–Kier alpha value is -13.3. The fourth-order valence-corrected chi connectivity index (χ4v) is 12.7. The van der Waals surface area contributed by atoms with Gasteiger partial charge in [0.05, 0.1) is 19.1 Å². The van der Waals surface area contributed by atoms with Gasteiger partial charge in [-0.05, 0) is 153 Å². The van der Waals surface area contributed by atoms with E-state index in [1.165, 1.54) is 0 Å². The van der Waals surface area contributed by atoms with E-state index in [0.29, 0.717) is 0 Å². The normalized spacial score (nSPS) is 14.4. The van der Waals surface area contributed by atoms with E-state index in [4.69, 9.17) is 55.4 Å². The number of hydrogen-bond donors (Lipinski definition) is 32.